The second-order valence-electron chi connectivity index (χ2n) is 8.27. The van der Waals surface area contributed by atoms with Gasteiger partial charge in [0.1, 0.15) is 17.1 Å². The number of alkyl halides is 3. The second-order valence-corrected chi connectivity index (χ2v) is 8.27. The van der Waals surface area contributed by atoms with Crippen LogP contribution in [0.5, 0.6) is 17.2 Å². The van der Waals surface area contributed by atoms with Crippen LogP contribution >= 0.6 is 0 Å². The summed E-state index contributed by atoms with van der Waals surface area (Å²) in [5, 5.41) is 10.2. The van der Waals surface area contributed by atoms with Gasteiger partial charge < -0.3 is 19.0 Å². The van der Waals surface area contributed by atoms with Crippen LogP contribution in [0, 0.1) is 0 Å². The zero-order valence-corrected chi connectivity index (χ0v) is 19.0. The Kier molecular flexibility index (Phi) is 7.02. The van der Waals surface area contributed by atoms with Crippen molar-refractivity contribution in [3.8, 4) is 17.2 Å². The highest BCUT2D eigenvalue weighted by Gasteiger charge is 2.41. The molecular weight excluding hydrogens is 467 g/mol. The fourth-order valence-corrected chi connectivity index (χ4v) is 3.94. The molecule has 0 amide bonds. The largest absolute Gasteiger partial charge is 0.507 e. The number of carbonyl (C=O) groups excluding carboxylic acids is 1. The number of hydrogen-bond donors (Lipinski definition) is 1. The van der Waals surface area contributed by atoms with Crippen LogP contribution in [0.25, 0.3) is 11.0 Å². The number of hydrogen-bond acceptors (Lipinski definition) is 7. The first-order valence-corrected chi connectivity index (χ1v) is 11.2. The number of rotatable bonds is 7. The fourth-order valence-electron chi connectivity index (χ4n) is 3.94. The number of phenols is 1. The van der Waals surface area contributed by atoms with Gasteiger partial charge >= 0.3 is 12.1 Å². The third kappa shape index (κ3) is 5.27. The summed E-state index contributed by atoms with van der Waals surface area (Å²) in [5.74, 6) is -3.55. The van der Waals surface area contributed by atoms with E-state index in [0.29, 0.717) is 6.42 Å². The van der Waals surface area contributed by atoms with Crippen molar-refractivity contribution in [2.75, 3.05) is 19.7 Å². The van der Waals surface area contributed by atoms with E-state index in [0.717, 1.165) is 25.9 Å². The molecule has 186 valence electrons. The van der Waals surface area contributed by atoms with Gasteiger partial charge in [0, 0.05) is 6.54 Å². The highest BCUT2D eigenvalue weighted by molar-refractivity contribution is 5.89. The Bertz CT molecular complexity index is 1280. The van der Waals surface area contributed by atoms with Crippen LogP contribution in [-0.4, -0.2) is 35.7 Å². The Morgan fingerprint density at radius 3 is 2.43 bits per heavy atom. The average molecular weight is 491 g/mol. The Labute approximate surface area is 198 Å². The van der Waals surface area contributed by atoms with Gasteiger partial charge in [-0.3, -0.25) is 9.69 Å². The van der Waals surface area contributed by atoms with Gasteiger partial charge in [-0.1, -0.05) is 6.92 Å². The second kappa shape index (κ2) is 9.99. The van der Waals surface area contributed by atoms with Crippen LogP contribution in [-0.2, 0) is 17.5 Å². The maximum absolute atomic E-state index is 13.9. The molecule has 35 heavy (non-hydrogen) atoms. The predicted octanol–water partition coefficient (Wildman–Crippen LogP) is 5.47. The molecule has 7 nitrogen and oxygen atoms in total. The lowest BCUT2D eigenvalue weighted by molar-refractivity contribution is -0.154. The van der Waals surface area contributed by atoms with E-state index in [1.54, 1.807) is 0 Å². The molecule has 1 saturated heterocycles. The van der Waals surface area contributed by atoms with Crippen molar-refractivity contribution in [3.05, 3.63) is 63.5 Å². The molecule has 0 aliphatic carbocycles. The Morgan fingerprint density at radius 1 is 1.11 bits per heavy atom. The standard InChI is InChI=1S/C25H24F3NO6/c1-2-13-33-24(32)15-5-7-16(8-6-15)34-22-20(31)17-9-10-19(30)18(14-29-11-3-4-12-29)21(17)35-23(22)25(26,27)28/h5-10,30H,2-4,11-14H2,1H3. The van der Waals surface area contributed by atoms with Crippen molar-refractivity contribution in [2.24, 2.45) is 0 Å². The summed E-state index contributed by atoms with van der Waals surface area (Å²) in [6.45, 7) is 3.69. The third-order valence-corrected chi connectivity index (χ3v) is 5.68. The number of halogens is 3. The molecule has 0 radical (unpaired) electrons. The zero-order chi connectivity index (χ0) is 25.2. The molecule has 4 rings (SSSR count). The molecule has 2 heterocycles. The van der Waals surface area contributed by atoms with E-state index in [1.165, 1.54) is 36.4 Å². The SMILES string of the molecule is CCCOC(=O)c1ccc(Oc2c(C(F)(F)F)oc3c(CN4CCCC4)c(O)ccc3c2=O)cc1. The smallest absolute Gasteiger partial charge is 0.453 e. The highest BCUT2D eigenvalue weighted by Crippen LogP contribution is 2.40. The van der Waals surface area contributed by atoms with Crippen molar-refractivity contribution in [1.29, 1.82) is 0 Å². The summed E-state index contributed by atoms with van der Waals surface area (Å²) in [4.78, 5) is 27.1. The minimum atomic E-state index is -5.04. The topological polar surface area (TPSA) is 89.2 Å². The van der Waals surface area contributed by atoms with Gasteiger partial charge in [0.2, 0.25) is 11.2 Å². The quantitative estimate of drug-likeness (QED) is 0.438. The highest BCUT2D eigenvalue weighted by atomic mass is 19.4. The van der Waals surface area contributed by atoms with Gasteiger partial charge in [0.05, 0.1) is 23.1 Å². The number of benzene rings is 2. The van der Waals surface area contributed by atoms with Crippen molar-refractivity contribution in [3.63, 3.8) is 0 Å². The summed E-state index contributed by atoms with van der Waals surface area (Å²) in [5.41, 5.74) is -1.04. The number of aromatic hydroxyl groups is 1. The van der Waals surface area contributed by atoms with Crippen LogP contribution in [0.3, 0.4) is 0 Å². The van der Waals surface area contributed by atoms with Crippen molar-refractivity contribution in [2.45, 2.75) is 38.9 Å². The van der Waals surface area contributed by atoms with Crippen molar-refractivity contribution in [1.82, 2.24) is 4.90 Å². The fraction of sp³-hybridized carbons (Fsp3) is 0.360. The molecule has 1 aliphatic rings. The molecule has 0 spiro atoms. The molecule has 1 fully saturated rings. The minimum absolute atomic E-state index is 0.0924. The van der Waals surface area contributed by atoms with Crippen molar-refractivity contribution >= 4 is 16.9 Å². The lowest BCUT2D eigenvalue weighted by atomic mass is 10.1. The van der Waals surface area contributed by atoms with Gasteiger partial charge in [-0.2, -0.15) is 13.2 Å². The first-order chi connectivity index (χ1) is 16.7. The molecular formula is C25H24F3NO6. The number of phenolic OH excluding ortho intramolecular Hbond substituents is 1. The van der Waals surface area contributed by atoms with E-state index < -0.39 is 29.1 Å². The molecule has 10 heteroatoms. The normalized spacial score (nSPS) is 14.4. The summed E-state index contributed by atoms with van der Waals surface area (Å²) in [6, 6.07) is 7.66. The van der Waals surface area contributed by atoms with Crippen molar-refractivity contribution < 1.29 is 37.0 Å². The molecule has 0 unspecified atom stereocenters. The van der Waals surface area contributed by atoms with Gasteiger partial charge in [0.25, 0.3) is 5.76 Å². The lowest BCUT2D eigenvalue weighted by Crippen LogP contribution is -2.20. The molecule has 0 atom stereocenters. The zero-order valence-electron chi connectivity index (χ0n) is 19.0. The minimum Gasteiger partial charge on any atom is -0.507 e. The van der Waals surface area contributed by atoms with E-state index in [4.69, 9.17) is 13.9 Å². The Balaban J connectivity index is 1.75. The molecule has 1 aliphatic heterocycles. The number of esters is 1. The predicted molar refractivity (Wildman–Crippen MR) is 121 cm³/mol. The van der Waals surface area contributed by atoms with Crippen LogP contribution in [0.4, 0.5) is 13.2 Å². The molecule has 2 aromatic carbocycles. The van der Waals surface area contributed by atoms with Crippen LogP contribution in [0.2, 0.25) is 0 Å². The van der Waals surface area contributed by atoms with Gasteiger partial charge in [-0.05, 0) is 68.8 Å². The molecule has 1 aromatic heterocycles. The number of nitrogens with zero attached hydrogens (tertiary/aromatic N) is 1. The van der Waals surface area contributed by atoms with Crippen LogP contribution < -0.4 is 10.2 Å². The van der Waals surface area contributed by atoms with E-state index in [2.05, 4.69) is 0 Å². The van der Waals surface area contributed by atoms with Crippen LogP contribution in [0.15, 0.2) is 45.6 Å². The first-order valence-electron chi connectivity index (χ1n) is 11.2. The van der Waals surface area contributed by atoms with E-state index in [-0.39, 0.29) is 46.7 Å². The van der Waals surface area contributed by atoms with Crippen LogP contribution in [0.1, 0.15) is 47.9 Å². The first kappa shape index (κ1) is 24.6. The maximum Gasteiger partial charge on any atom is 0.453 e. The Morgan fingerprint density at radius 2 is 1.80 bits per heavy atom. The summed E-state index contributed by atoms with van der Waals surface area (Å²) in [6.07, 6.45) is -2.52. The van der Waals surface area contributed by atoms with E-state index in [1.807, 2.05) is 11.8 Å². The molecule has 0 bridgehead atoms. The van der Waals surface area contributed by atoms with Gasteiger partial charge in [-0.25, -0.2) is 4.79 Å². The number of ether oxygens (including phenoxy) is 2. The summed E-state index contributed by atoms with van der Waals surface area (Å²) >= 11 is 0. The van der Waals surface area contributed by atoms with Gasteiger partial charge in [0.15, 0.2) is 0 Å². The number of carbonyl (C=O) groups is 1. The number of fused-ring (bicyclic) bond motifs is 1. The third-order valence-electron chi connectivity index (χ3n) is 5.68. The average Bonchev–Trinajstić information content (AvgIpc) is 3.34. The molecule has 1 N–H and O–H groups in total. The van der Waals surface area contributed by atoms with E-state index in [9.17, 15) is 27.9 Å². The molecule has 0 saturated carbocycles. The van der Waals surface area contributed by atoms with Gasteiger partial charge in [-0.15, -0.1) is 0 Å². The summed E-state index contributed by atoms with van der Waals surface area (Å²) < 4.78 is 57.4. The Hall–Kier alpha value is -3.53. The number of likely N-dealkylation sites (tertiary alicyclic amines) is 1. The monoisotopic (exact) mass is 491 g/mol. The lowest BCUT2D eigenvalue weighted by Gasteiger charge is -2.18. The maximum atomic E-state index is 13.9. The summed E-state index contributed by atoms with van der Waals surface area (Å²) in [7, 11) is 0. The molecule has 3 aromatic rings. The van der Waals surface area contributed by atoms with E-state index >= 15 is 0 Å².